The lowest BCUT2D eigenvalue weighted by atomic mass is 10.2. The molecular formula is C20H19Cl2N3O2S. The number of carbonyl (C=O) groups excluding carboxylic acids is 1. The van der Waals surface area contributed by atoms with E-state index in [4.69, 9.17) is 23.2 Å². The maximum atomic E-state index is 12.9. The molecule has 2 aromatic carbocycles. The van der Waals surface area contributed by atoms with Crippen LogP contribution in [0.25, 0.3) is 10.9 Å². The van der Waals surface area contributed by atoms with Gasteiger partial charge in [-0.25, -0.2) is 4.98 Å². The number of para-hydroxylation sites is 1. The predicted molar refractivity (Wildman–Crippen MR) is 117 cm³/mol. The zero-order valence-electron chi connectivity index (χ0n) is 15.6. The molecule has 1 heterocycles. The Hall–Kier alpha value is -2.02. The van der Waals surface area contributed by atoms with E-state index in [1.54, 1.807) is 41.8 Å². The van der Waals surface area contributed by atoms with Gasteiger partial charge in [0, 0.05) is 6.04 Å². The van der Waals surface area contributed by atoms with E-state index < -0.39 is 5.25 Å². The second-order valence-electron chi connectivity index (χ2n) is 6.53. The second kappa shape index (κ2) is 8.55. The summed E-state index contributed by atoms with van der Waals surface area (Å²) in [6.07, 6.45) is 0. The van der Waals surface area contributed by atoms with Gasteiger partial charge < -0.3 is 5.32 Å². The molecule has 3 rings (SSSR count). The van der Waals surface area contributed by atoms with Crippen LogP contribution in [0.5, 0.6) is 0 Å². The van der Waals surface area contributed by atoms with Crippen LogP contribution in [0, 0.1) is 0 Å². The van der Waals surface area contributed by atoms with E-state index >= 15 is 0 Å². The molecule has 28 heavy (non-hydrogen) atoms. The fourth-order valence-corrected chi connectivity index (χ4v) is 4.10. The highest BCUT2D eigenvalue weighted by Gasteiger charge is 2.21. The lowest BCUT2D eigenvalue weighted by Gasteiger charge is -2.18. The number of hydrogen-bond donors (Lipinski definition) is 1. The predicted octanol–water partition coefficient (Wildman–Crippen LogP) is 5.40. The zero-order chi connectivity index (χ0) is 20.4. The lowest BCUT2D eigenvalue weighted by molar-refractivity contribution is -0.115. The number of rotatable bonds is 5. The van der Waals surface area contributed by atoms with Crippen molar-refractivity contribution in [3.63, 3.8) is 0 Å². The van der Waals surface area contributed by atoms with Crippen molar-refractivity contribution < 1.29 is 4.79 Å². The number of fused-ring (bicyclic) bond motifs is 1. The monoisotopic (exact) mass is 435 g/mol. The van der Waals surface area contributed by atoms with Gasteiger partial charge in [-0.3, -0.25) is 14.2 Å². The highest BCUT2D eigenvalue weighted by molar-refractivity contribution is 8.00. The highest BCUT2D eigenvalue weighted by Crippen LogP contribution is 2.31. The molecule has 3 aromatic rings. The van der Waals surface area contributed by atoms with E-state index in [1.165, 1.54) is 11.8 Å². The molecular weight excluding hydrogens is 417 g/mol. The highest BCUT2D eigenvalue weighted by atomic mass is 35.5. The Balaban J connectivity index is 1.91. The van der Waals surface area contributed by atoms with E-state index in [-0.39, 0.29) is 22.5 Å². The average Bonchev–Trinajstić information content (AvgIpc) is 2.65. The van der Waals surface area contributed by atoms with Gasteiger partial charge in [0.25, 0.3) is 5.56 Å². The Kier molecular flexibility index (Phi) is 6.33. The smallest absolute Gasteiger partial charge is 0.262 e. The molecule has 0 bridgehead atoms. The molecule has 0 fully saturated rings. The molecule has 1 amide bonds. The van der Waals surface area contributed by atoms with Crippen LogP contribution >= 0.6 is 35.0 Å². The third-order valence-electron chi connectivity index (χ3n) is 4.15. The molecule has 0 aliphatic heterocycles. The minimum atomic E-state index is -0.506. The minimum Gasteiger partial charge on any atom is -0.324 e. The third kappa shape index (κ3) is 4.19. The molecule has 5 nitrogen and oxygen atoms in total. The van der Waals surface area contributed by atoms with E-state index in [9.17, 15) is 9.59 Å². The number of benzene rings is 2. The van der Waals surface area contributed by atoms with Crippen molar-refractivity contribution in [1.82, 2.24) is 9.55 Å². The number of nitrogens with zero attached hydrogens (tertiary/aromatic N) is 2. The van der Waals surface area contributed by atoms with Crippen LogP contribution in [0.1, 0.15) is 26.8 Å². The topological polar surface area (TPSA) is 64.0 Å². The van der Waals surface area contributed by atoms with Gasteiger partial charge in [0.1, 0.15) is 0 Å². The van der Waals surface area contributed by atoms with Crippen LogP contribution in [0.15, 0.2) is 52.4 Å². The van der Waals surface area contributed by atoms with Crippen molar-refractivity contribution in [2.24, 2.45) is 0 Å². The van der Waals surface area contributed by atoms with E-state index in [0.29, 0.717) is 26.8 Å². The lowest BCUT2D eigenvalue weighted by Crippen LogP contribution is -2.28. The van der Waals surface area contributed by atoms with Gasteiger partial charge in [0.05, 0.1) is 31.9 Å². The first-order valence-electron chi connectivity index (χ1n) is 8.72. The Morgan fingerprint density at radius 2 is 1.82 bits per heavy atom. The van der Waals surface area contributed by atoms with Gasteiger partial charge in [-0.2, -0.15) is 0 Å². The summed E-state index contributed by atoms with van der Waals surface area (Å²) < 4.78 is 1.61. The number of anilines is 1. The van der Waals surface area contributed by atoms with Gasteiger partial charge in [0.15, 0.2) is 5.16 Å². The molecule has 8 heteroatoms. The van der Waals surface area contributed by atoms with Crippen LogP contribution in [0.4, 0.5) is 5.69 Å². The van der Waals surface area contributed by atoms with Crippen LogP contribution < -0.4 is 10.9 Å². The van der Waals surface area contributed by atoms with E-state index in [0.717, 1.165) is 0 Å². The zero-order valence-corrected chi connectivity index (χ0v) is 17.9. The SMILES string of the molecule is CC(Sc1nc2ccccc2c(=O)n1C(C)C)C(=O)Nc1cccc(Cl)c1Cl. The number of nitrogens with one attached hydrogen (secondary N) is 1. The molecule has 0 aliphatic carbocycles. The largest absolute Gasteiger partial charge is 0.324 e. The summed E-state index contributed by atoms with van der Waals surface area (Å²) in [6, 6.07) is 12.2. The Morgan fingerprint density at radius 3 is 2.54 bits per heavy atom. The van der Waals surface area contributed by atoms with Gasteiger partial charge in [0.2, 0.25) is 5.91 Å². The van der Waals surface area contributed by atoms with Gasteiger partial charge in [-0.05, 0) is 45.0 Å². The number of amides is 1. The molecule has 1 unspecified atom stereocenters. The molecule has 146 valence electrons. The summed E-state index contributed by atoms with van der Waals surface area (Å²) in [5, 5.41) is 3.99. The van der Waals surface area contributed by atoms with Crippen molar-refractivity contribution >= 4 is 57.5 Å². The number of hydrogen-bond acceptors (Lipinski definition) is 4. The summed E-state index contributed by atoms with van der Waals surface area (Å²) in [7, 11) is 0. The summed E-state index contributed by atoms with van der Waals surface area (Å²) in [5.41, 5.74) is 0.935. The van der Waals surface area contributed by atoms with E-state index in [2.05, 4.69) is 10.3 Å². The number of thioether (sulfide) groups is 1. The fourth-order valence-electron chi connectivity index (χ4n) is 2.71. The van der Waals surface area contributed by atoms with Crippen molar-refractivity contribution in [2.45, 2.75) is 37.2 Å². The standard InChI is InChI=1S/C20H19Cl2N3O2S/c1-11(2)25-19(27)13-7-4-5-9-15(13)24-20(25)28-12(3)18(26)23-16-10-6-8-14(21)17(16)22/h4-12H,1-3H3,(H,23,26). The first-order chi connectivity index (χ1) is 13.3. The maximum Gasteiger partial charge on any atom is 0.262 e. The maximum absolute atomic E-state index is 12.9. The summed E-state index contributed by atoms with van der Waals surface area (Å²) in [6.45, 7) is 5.58. The van der Waals surface area contributed by atoms with Crippen molar-refractivity contribution in [3.8, 4) is 0 Å². The molecule has 1 N–H and O–H groups in total. The molecule has 0 aliphatic rings. The van der Waals surface area contributed by atoms with E-state index in [1.807, 2.05) is 26.0 Å². The van der Waals surface area contributed by atoms with Crippen LogP contribution in [-0.4, -0.2) is 20.7 Å². The molecule has 0 saturated heterocycles. The minimum absolute atomic E-state index is 0.0928. The Morgan fingerprint density at radius 1 is 1.11 bits per heavy atom. The van der Waals surface area contributed by atoms with Crippen LogP contribution in [-0.2, 0) is 4.79 Å². The molecule has 1 atom stereocenters. The Bertz CT molecular complexity index is 1100. The van der Waals surface area contributed by atoms with Crippen LogP contribution in [0.2, 0.25) is 10.0 Å². The van der Waals surface area contributed by atoms with Crippen molar-refractivity contribution in [3.05, 3.63) is 62.9 Å². The Labute approximate surface area is 177 Å². The van der Waals surface area contributed by atoms with Crippen LogP contribution in [0.3, 0.4) is 0 Å². The first kappa shape index (κ1) is 20.7. The second-order valence-corrected chi connectivity index (χ2v) is 8.62. The molecule has 0 radical (unpaired) electrons. The number of halogens is 2. The summed E-state index contributed by atoms with van der Waals surface area (Å²) >= 11 is 13.4. The summed E-state index contributed by atoms with van der Waals surface area (Å²) in [4.78, 5) is 30.2. The quantitative estimate of drug-likeness (QED) is 0.430. The fraction of sp³-hybridized carbons (Fsp3) is 0.250. The molecule has 1 aromatic heterocycles. The van der Waals surface area contributed by atoms with Gasteiger partial charge in [-0.15, -0.1) is 0 Å². The van der Waals surface area contributed by atoms with Crippen molar-refractivity contribution in [2.75, 3.05) is 5.32 Å². The number of carbonyl (C=O) groups is 1. The van der Waals surface area contributed by atoms with Crippen molar-refractivity contribution in [1.29, 1.82) is 0 Å². The first-order valence-corrected chi connectivity index (χ1v) is 10.4. The summed E-state index contributed by atoms with van der Waals surface area (Å²) in [5.74, 6) is -0.258. The normalized spacial score (nSPS) is 12.4. The molecule has 0 saturated carbocycles. The average molecular weight is 436 g/mol. The molecule has 0 spiro atoms. The number of aromatic nitrogens is 2. The van der Waals surface area contributed by atoms with Gasteiger partial charge >= 0.3 is 0 Å². The van der Waals surface area contributed by atoms with Gasteiger partial charge in [-0.1, -0.05) is 53.2 Å². The third-order valence-corrected chi connectivity index (χ3v) is 6.04.